The Bertz CT molecular complexity index is 216. The fourth-order valence-electron chi connectivity index (χ4n) is 3.24. The Morgan fingerprint density at radius 1 is 0.882 bits per heavy atom. The minimum atomic E-state index is 0.839. The number of likely N-dealkylation sites (tertiary alicyclic amines) is 2. The number of rotatable bonds is 3. The highest BCUT2D eigenvalue weighted by atomic mass is 15.2. The fourth-order valence-corrected chi connectivity index (χ4v) is 3.24. The van der Waals surface area contributed by atoms with Crippen LogP contribution in [0, 0.1) is 5.92 Å². The maximum atomic E-state index is 2.64. The van der Waals surface area contributed by atoms with Crippen molar-refractivity contribution in [1.82, 2.24) is 14.7 Å². The van der Waals surface area contributed by atoms with Crippen LogP contribution in [0.5, 0.6) is 0 Å². The van der Waals surface area contributed by atoms with E-state index in [1.807, 2.05) is 0 Å². The number of piperidine rings is 2. The summed E-state index contributed by atoms with van der Waals surface area (Å²) in [5.41, 5.74) is 0. The lowest BCUT2D eigenvalue weighted by Crippen LogP contribution is -2.44. The lowest BCUT2D eigenvalue weighted by Gasteiger charge is -2.38. The molecule has 2 fully saturated rings. The molecule has 0 spiro atoms. The molecule has 3 nitrogen and oxygen atoms in total. The molecule has 0 aromatic carbocycles. The van der Waals surface area contributed by atoms with E-state index in [2.05, 4.69) is 35.8 Å². The van der Waals surface area contributed by atoms with Crippen molar-refractivity contribution in [2.75, 3.05) is 53.9 Å². The zero-order valence-corrected chi connectivity index (χ0v) is 11.9. The summed E-state index contributed by atoms with van der Waals surface area (Å²) >= 11 is 0. The normalized spacial score (nSPS) is 26.8. The molecule has 0 aliphatic carbocycles. The summed E-state index contributed by atoms with van der Waals surface area (Å²) in [5.74, 6) is 0.941. The van der Waals surface area contributed by atoms with Crippen LogP contribution >= 0.6 is 0 Å². The lowest BCUT2D eigenvalue weighted by molar-refractivity contribution is 0.109. The van der Waals surface area contributed by atoms with Crippen LogP contribution < -0.4 is 0 Å². The van der Waals surface area contributed by atoms with E-state index in [1.165, 1.54) is 58.4 Å². The Balaban J connectivity index is 1.71. The van der Waals surface area contributed by atoms with Crippen LogP contribution in [0.1, 0.15) is 25.7 Å². The van der Waals surface area contributed by atoms with Gasteiger partial charge in [-0.1, -0.05) is 0 Å². The van der Waals surface area contributed by atoms with E-state index in [9.17, 15) is 0 Å². The van der Waals surface area contributed by atoms with E-state index in [1.54, 1.807) is 0 Å². The molecule has 2 aliphatic heterocycles. The van der Waals surface area contributed by atoms with E-state index in [0.29, 0.717) is 0 Å². The van der Waals surface area contributed by atoms with Gasteiger partial charge in [-0.05, 0) is 78.9 Å². The van der Waals surface area contributed by atoms with E-state index in [4.69, 9.17) is 0 Å². The van der Waals surface area contributed by atoms with Crippen LogP contribution in [0.25, 0.3) is 0 Å². The Kier molecular flexibility index (Phi) is 4.83. The summed E-state index contributed by atoms with van der Waals surface area (Å²) in [6, 6.07) is 0.839. The average Bonchev–Trinajstić information content (AvgIpc) is 2.33. The Labute approximate surface area is 107 Å². The van der Waals surface area contributed by atoms with Crippen molar-refractivity contribution >= 4 is 0 Å². The molecular formula is C14H29N3. The van der Waals surface area contributed by atoms with E-state index < -0.39 is 0 Å². The van der Waals surface area contributed by atoms with Crippen molar-refractivity contribution < 1.29 is 0 Å². The third kappa shape index (κ3) is 3.94. The van der Waals surface area contributed by atoms with Gasteiger partial charge in [0.15, 0.2) is 0 Å². The van der Waals surface area contributed by atoms with Crippen molar-refractivity contribution in [3.63, 3.8) is 0 Å². The van der Waals surface area contributed by atoms with E-state index >= 15 is 0 Å². The number of nitrogens with zero attached hydrogens (tertiary/aromatic N) is 3. The summed E-state index contributed by atoms with van der Waals surface area (Å²) in [6.45, 7) is 6.48. The molecule has 2 rings (SSSR count). The van der Waals surface area contributed by atoms with Gasteiger partial charge in [-0.2, -0.15) is 0 Å². The molecule has 0 amide bonds. The first-order valence-corrected chi connectivity index (χ1v) is 7.22. The molecule has 17 heavy (non-hydrogen) atoms. The zero-order chi connectivity index (χ0) is 12.3. The number of hydrogen-bond acceptors (Lipinski definition) is 3. The van der Waals surface area contributed by atoms with Crippen LogP contribution in [0.15, 0.2) is 0 Å². The highest BCUT2D eigenvalue weighted by Gasteiger charge is 2.24. The maximum absolute atomic E-state index is 2.64. The largest absolute Gasteiger partial charge is 0.306 e. The lowest BCUT2D eigenvalue weighted by atomic mass is 9.95. The molecular weight excluding hydrogens is 210 g/mol. The summed E-state index contributed by atoms with van der Waals surface area (Å²) in [6.07, 6.45) is 5.51. The monoisotopic (exact) mass is 239 g/mol. The molecule has 0 unspecified atom stereocenters. The molecule has 2 saturated heterocycles. The van der Waals surface area contributed by atoms with Gasteiger partial charge in [0.2, 0.25) is 0 Å². The predicted molar refractivity (Wildman–Crippen MR) is 73.4 cm³/mol. The molecule has 0 bridgehead atoms. The molecule has 0 aromatic rings. The van der Waals surface area contributed by atoms with E-state index in [-0.39, 0.29) is 0 Å². The molecule has 2 aliphatic rings. The minimum Gasteiger partial charge on any atom is -0.306 e. The van der Waals surface area contributed by atoms with Crippen LogP contribution in [-0.2, 0) is 0 Å². The van der Waals surface area contributed by atoms with Gasteiger partial charge in [0, 0.05) is 12.6 Å². The van der Waals surface area contributed by atoms with Gasteiger partial charge in [0.25, 0.3) is 0 Å². The van der Waals surface area contributed by atoms with Gasteiger partial charge in [-0.25, -0.2) is 0 Å². The van der Waals surface area contributed by atoms with Crippen LogP contribution in [0.3, 0.4) is 0 Å². The van der Waals surface area contributed by atoms with Gasteiger partial charge in [0.05, 0.1) is 0 Å². The predicted octanol–water partition coefficient (Wildman–Crippen LogP) is 1.35. The molecule has 0 aromatic heterocycles. The van der Waals surface area contributed by atoms with Gasteiger partial charge < -0.3 is 14.7 Å². The van der Waals surface area contributed by atoms with Gasteiger partial charge in [0.1, 0.15) is 0 Å². The van der Waals surface area contributed by atoms with Crippen LogP contribution in [0.4, 0.5) is 0 Å². The maximum Gasteiger partial charge on any atom is 0.0117 e. The highest BCUT2D eigenvalue weighted by Crippen LogP contribution is 2.20. The van der Waals surface area contributed by atoms with Crippen molar-refractivity contribution in [3.8, 4) is 0 Å². The number of hydrogen-bond donors (Lipinski definition) is 0. The third-order valence-corrected chi connectivity index (χ3v) is 4.70. The fraction of sp³-hybridized carbons (Fsp3) is 1.00. The van der Waals surface area contributed by atoms with Crippen molar-refractivity contribution in [2.24, 2.45) is 5.92 Å². The minimum absolute atomic E-state index is 0.839. The molecule has 0 N–H and O–H groups in total. The van der Waals surface area contributed by atoms with Crippen LogP contribution in [-0.4, -0.2) is 74.6 Å². The standard InChI is InChI=1S/C14H29N3/c1-15-8-4-13(5-9-15)12-17(3)14-6-10-16(2)11-7-14/h13-14H,4-12H2,1-3H3. The SMILES string of the molecule is CN1CCC(CN(C)C2CCN(C)CC2)CC1. The third-order valence-electron chi connectivity index (χ3n) is 4.70. The second-order valence-corrected chi connectivity index (χ2v) is 6.22. The molecule has 0 atom stereocenters. The second-order valence-electron chi connectivity index (χ2n) is 6.22. The summed E-state index contributed by atoms with van der Waals surface area (Å²) in [5, 5.41) is 0. The Morgan fingerprint density at radius 3 is 1.88 bits per heavy atom. The van der Waals surface area contributed by atoms with Crippen LogP contribution in [0.2, 0.25) is 0 Å². The Hall–Kier alpha value is -0.120. The van der Waals surface area contributed by atoms with Gasteiger partial charge >= 0.3 is 0 Å². The molecule has 0 radical (unpaired) electrons. The van der Waals surface area contributed by atoms with Crippen molar-refractivity contribution in [1.29, 1.82) is 0 Å². The van der Waals surface area contributed by atoms with Gasteiger partial charge in [-0.3, -0.25) is 0 Å². The summed E-state index contributed by atoms with van der Waals surface area (Å²) < 4.78 is 0. The quantitative estimate of drug-likeness (QED) is 0.736. The zero-order valence-electron chi connectivity index (χ0n) is 11.9. The topological polar surface area (TPSA) is 9.72 Å². The van der Waals surface area contributed by atoms with Gasteiger partial charge in [-0.15, -0.1) is 0 Å². The summed E-state index contributed by atoms with van der Waals surface area (Å²) in [7, 11) is 6.83. The first-order chi connectivity index (χ1) is 8.15. The van der Waals surface area contributed by atoms with E-state index in [0.717, 1.165) is 12.0 Å². The Morgan fingerprint density at radius 2 is 1.35 bits per heavy atom. The average molecular weight is 239 g/mol. The molecule has 0 saturated carbocycles. The first-order valence-electron chi connectivity index (χ1n) is 7.22. The first kappa shape index (κ1) is 13.3. The molecule has 2 heterocycles. The summed E-state index contributed by atoms with van der Waals surface area (Å²) in [4.78, 5) is 7.56. The van der Waals surface area contributed by atoms with Crippen molar-refractivity contribution in [3.05, 3.63) is 0 Å². The second kappa shape index (κ2) is 6.17. The smallest absolute Gasteiger partial charge is 0.0117 e. The molecule has 100 valence electrons. The molecule has 3 heteroatoms. The highest BCUT2D eigenvalue weighted by molar-refractivity contribution is 4.80. The van der Waals surface area contributed by atoms with Crippen molar-refractivity contribution in [2.45, 2.75) is 31.7 Å².